The Kier molecular flexibility index (Phi) is 4.09. The van der Waals surface area contributed by atoms with Gasteiger partial charge in [0.2, 0.25) is 0 Å². The van der Waals surface area contributed by atoms with Gasteiger partial charge in [-0.25, -0.2) is 4.98 Å². The third-order valence-corrected chi connectivity index (χ3v) is 6.29. The molecule has 0 saturated heterocycles. The minimum absolute atomic E-state index is 0.597. The predicted octanol–water partition coefficient (Wildman–Crippen LogP) is 5.02. The van der Waals surface area contributed by atoms with Crippen molar-refractivity contribution in [3.8, 4) is 5.69 Å². The number of nitrogens with zero attached hydrogens (tertiary/aromatic N) is 3. The summed E-state index contributed by atoms with van der Waals surface area (Å²) in [6.07, 6.45) is 5.97. The second-order valence-electron chi connectivity index (χ2n) is 7.19. The first-order chi connectivity index (χ1) is 13.6. The SMILES string of the molecule is C[C@@H](Sc1nc2cnccc2n1-c1ccc(C2CC2)c2ccccc12)C(=O)O. The lowest BCUT2D eigenvalue weighted by atomic mass is 9.99. The van der Waals surface area contributed by atoms with Crippen LogP contribution in [-0.2, 0) is 4.79 Å². The molecule has 140 valence electrons. The van der Waals surface area contributed by atoms with Gasteiger partial charge < -0.3 is 5.11 Å². The van der Waals surface area contributed by atoms with Gasteiger partial charge in [0.05, 0.1) is 17.4 Å². The van der Waals surface area contributed by atoms with Crippen LogP contribution in [0, 0.1) is 0 Å². The van der Waals surface area contributed by atoms with E-state index in [-0.39, 0.29) is 0 Å². The van der Waals surface area contributed by atoms with Crippen LogP contribution in [0.3, 0.4) is 0 Å². The third kappa shape index (κ3) is 2.85. The Morgan fingerprint density at radius 2 is 1.96 bits per heavy atom. The molecular formula is C22H19N3O2S. The van der Waals surface area contributed by atoms with E-state index in [4.69, 9.17) is 0 Å². The largest absolute Gasteiger partial charge is 0.480 e. The molecule has 2 heterocycles. The molecule has 5 rings (SSSR count). The smallest absolute Gasteiger partial charge is 0.316 e. The zero-order chi connectivity index (χ0) is 19.3. The molecule has 0 aliphatic heterocycles. The molecule has 0 radical (unpaired) electrons. The maximum absolute atomic E-state index is 11.4. The maximum Gasteiger partial charge on any atom is 0.316 e. The van der Waals surface area contributed by atoms with Gasteiger partial charge in [-0.05, 0) is 48.8 Å². The molecule has 2 aromatic carbocycles. The highest BCUT2D eigenvalue weighted by molar-refractivity contribution is 8.00. The van der Waals surface area contributed by atoms with Gasteiger partial charge >= 0.3 is 5.97 Å². The number of pyridine rings is 1. The molecule has 1 aliphatic rings. The van der Waals surface area contributed by atoms with Gasteiger partial charge in [-0.2, -0.15) is 0 Å². The van der Waals surface area contributed by atoms with Crippen LogP contribution in [0.15, 0.2) is 60.0 Å². The van der Waals surface area contributed by atoms with Gasteiger partial charge in [-0.3, -0.25) is 14.3 Å². The number of benzene rings is 2. The van der Waals surface area contributed by atoms with E-state index in [1.54, 1.807) is 19.3 Å². The van der Waals surface area contributed by atoms with Crippen molar-refractivity contribution in [2.75, 3.05) is 0 Å². The van der Waals surface area contributed by atoms with Crippen LogP contribution < -0.4 is 0 Å². The Labute approximate surface area is 166 Å². The van der Waals surface area contributed by atoms with E-state index in [1.165, 1.54) is 35.6 Å². The van der Waals surface area contributed by atoms with Crippen molar-refractivity contribution in [1.82, 2.24) is 14.5 Å². The van der Waals surface area contributed by atoms with E-state index < -0.39 is 11.2 Å². The van der Waals surface area contributed by atoms with Crippen LogP contribution in [0.4, 0.5) is 0 Å². The topological polar surface area (TPSA) is 68.0 Å². The quantitative estimate of drug-likeness (QED) is 0.486. The number of aromatic nitrogens is 3. The molecule has 0 amide bonds. The van der Waals surface area contributed by atoms with Gasteiger partial charge in [0, 0.05) is 11.6 Å². The van der Waals surface area contributed by atoms with Gasteiger partial charge in [0.15, 0.2) is 5.16 Å². The monoisotopic (exact) mass is 389 g/mol. The number of imidazole rings is 1. The molecular weight excluding hydrogens is 370 g/mol. The Balaban J connectivity index is 1.77. The van der Waals surface area contributed by atoms with E-state index >= 15 is 0 Å². The van der Waals surface area contributed by atoms with Crippen molar-refractivity contribution < 1.29 is 9.90 Å². The Hall–Kier alpha value is -2.86. The lowest BCUT2D eigenvalue weighted by Gasteiger charge is -2.15. The molecule has 0 unspecified atom stereocenters. The van der Waals surface area contributed by atoms with Crippen LogP contribution in [0.2, 0.25) is 0 Å². The molecule has 1 atom stereocenters. The van der Waals surface area contributed by atoms with Gasteiger partial charge in [-0.1, -0.05) is 42.1 Å². The molecule has 2 aromatic heterocycles. The first-order valence-corrected chi connectivity index (χ1v) is 10.3. The molecule has 28 heavy (non-hydrogen) atoms. The van der Waals surface area contributed by atoms with E-state index in [2.05, 4.69) is 50.9 Å². The standard InChI is InChI=1S/C22H19N3O2S/c1-13(21(26)27)28-22-24-18-12-23-11-10-20(18)25(22)19-9-8-15(14-6-7-14)16-4-2-3-5-17(16)19/h2-5,8-14H,6-7H2,1H3,(H,26,27)/t13-/m1/s1. The van der Waals surface area contributed by atoms with E-state index in [0.717, 1.165) is 22.1 Å². The summed E-state index contributed by atoms with van der Waals surface area (Å²) in [7, 11) is 0. The molecule has 0 spiro atoms. The van der Waals surface area contributed by atoms with Crippen LogP contribution in [0.25, 0.3) is 27.5 Å². The molecule has 1 saturated carbocycles. The van der Waals surface area contributed by atoms with Gasteiger partial charge in [-0.15, -0.1) is 0 Å². The van der Waals surface area contributed by atoms with E-state index in [9.17, 15) is 9.90 Å². The Morgan fingerprint density at radius 1 is 1.18 bits per heavy atom. The summed E-state index contributed by atoms with van der Waals surface area (Å²) in [4.78, 5) is 20.3. The van der Waals surface area contributed by atoms with Crippen LogP contribution in [0.5, 0.6) is 0 Å². The number of carboxylic acid groups (broad SMARTS) is 1. The fraction of sp³-hybridized carbons (Fsp3) is 0.227. The van der Waals surface area contributed by atoms with E-state index in [1.807, 2.05) is 6.07 Å². The lowest BCUT2D eigenvalue weighted by Crippen LogP contribution is -2.12. The fourth-order valence-corrected chi connectivity index (χ4v) is 4.55. The summed E-state index contributed by atoms with van der Waals surface area (Å²) in [6, 6.07) is 14.7. The molecule has 1 fully saturated rings. The van der Waals surface area contributed by atoms with Crippen LogP contribution in [0.1, 0.15) is 31.2 Å². The average Bonchev–Trinajstić information content (AvgIpc) is 3.48. The minimum Gasteiger partial charge on any atom is -0.480 e. The highest BCUT2D eigenvalue weighted by Gasteiger charge is 2.27. The highest BCUT2D eigenvalue weighted by atomic mass is 32.2. The zero-order valence-corrected chi connectivity index (χ0v) is 16.2. The molecule has 0 bridgehead atoms. The number of hydrogen-bond acceptors (Lipinski definition) is 4. The third-order valence-electron chi connectivity index (χ3n) is 5.25. The molecule has 1 aliphatic carbocycles. The number of carbonyl (C=O) groups is 1. The lowest BCUT2D eigenvalue weighted by molar-refractivity contribution is -0.136. The number of hydrogen-bond donors (Lipinski definition) is 1. The van der Waals surface area contributed by atoms with Gasteiger partial charge in [0.25, 0.3) is 0 Å². The summed E-state index contributed by atoms with van der Waals surface area (Å²) in [5.41, 5.74) is 4.12. The average molecular weight is 389 g/mol. The summed E-state index contributed by atoms with van der Waals surface area (Å²) in [6.45, 7) is 1.68. The molecule has 1 N–H and O–H groups in total. The Morgan fingerprint density at radius 3 is 2.71 bits per heavy atom. The first-order valence-electron chi connectivity index (χ1n) is 9.37. The maximum atomic E-state index is 11.4. The summed E-state index contributed by atoms with van der Waals surface area (Å²) >= 11 is 1.25. The Bertz CT molecular complexity index is 1210. The number of aliphatic carboxylic acids is 1. The highest BCUT2D eigenvalue weighted by Crippen LogP contribution is 2.44. The molecule has 5 nitrogen and oxygen atoms in total. The second kappa shape index (κ2) is 6.63. The van der Waals surface area contributed by atoms with Crippen molar-refractivity contribution in [3.63, 3.8) is 0 Å². The molecule has 4 aromatic rings. The number of rotatable bonds is 5. The summed E-state index contributed by atoms with van der Waals surface area (Å²) in [5.74, 6) is -0.195. The zero-order valence-electron chi connectivity index (χ0n) is 15.4. The molecule has 6 heteroatoms. The number of fused-ring (bicyclic) bond motifs is 2. The second-order valence-corrected chi connectivity index (χ2v) is 8.49. The van der Waals surface area contributed by atoms with Crippen molar-refractivity contribution in [3.05, 3.63) is 60.4 Å². The van der Waals surface area contributed by atoms with E-state index in [0.29, 0.717) is 11.1 Å². The summed E-state index contributed by atoms with van der Waals surface area (Å²) < 4.78 is 2.07. The first kappa shape index (κ1) is 17.3. The number of carboxylic acids is 1. The fourth-order valence-electron chi connectivity index (χ4n) is 3.68. The van der Waals surface area contributed by atoms with Gasteiger partial charge in [0.1, 0.15) is 10.8 Å². The summed E-state index contributed by atoms with van der Waals surface area (Å²) in [5, 5.41) is 11.9. The number of thioether (sulfide) groups is 1. The van der Waals surface area contributed by atoms with Crippen molar-refractivity contribution >= 4 is 39.5 Å². The predicted molar refractivity (Wildman–Crippen MR) is 111 cm³/mol. The van der Waals surface area contributed by atoms with Crippen molar-refractivity contribution in [2.45, 2.75) is 36.1 Å². The minimum atomic E-state index is -0.851. The van der Waals surface area contributed by atoms with Crippen LogP contribution in [-0.4, -0.2) is 30.9 Å². The normalized spacial score (nSPS) is 15.2. The van der Waals surface area contributed by atoms with Crippen LogP contribution >= 0.6 is 11.8 Å². The van der Waals surface area contributed by atoms with Crippen molar-refractivity contribution in [2.24, 2.45) is 0 Å². The van der Waals surface area contributed by atoms with Crippen molar-refractivity contribution in [1.29, 1.82) is 0 Å².